The fraction of sp³-hybridized carbons (Fsp3) is 0.0667. The van der Waals surface area contributed by atoms with Crippen LogP contribution in [0.15, 0.2) is 49.1 Å². The van der Waals surface area contributed by atoms with E-state index in [4.69, 9.17) is 0 Å². The Morgan fingerprint density at radius 3 is 2.85 bits per heavy atom. The van der Waals surface area contributed by atoms with Crippen LogP contribution in [0.1, 0.15) is 5.56 Å². The van der Waals surface area contributed by atoms with Gasteiger partial charge in [0.1, 0.15) is 17.8 Å². The number of aromatic nitrogens is 4. The smallest absolute Gasteiger partial charge is 0.142 e. The predicted octanol–water partition coefficient (Wildman–Crippen LogP) is 3.05. The molecule has 3 N–H and O–H groups in total. The molecule has 0 saturated heterocycles. The molecule has 0 amide bonds. The number of anilines is 1. The van der Waals surface area contributed by atoms with Gasteiger partial charge in [0.25, 0.3) is 0 Å². The van der Waals surface area contributed by atoms with E-state index in [1.807, 2.05) is 18.5 Å². The standard InChI is InChI=1S/C15H13N5/c1-2-10(11-4-6-16-13(11)3-1)8-18-15-12-5-7-17-14(12)19-9-20-15/h1-7,9,16H,8H2,(H2,17,18,19,20). The molecule has 5 heteroatoms. The van der Waals surface area contributed by atoms with Crippen molar-refractivity contribution in [2.24, 2.45) is 0 Å². The van der Waals surface area contributed by atoms with Crippen LogP contribution in [0.25, 0.3) is 21.9 Å². The summed E-state index contributed by atoms with van der Waals surface area (Å²) < 4.78 is 0. The number of hydrogen-bond acceptors (Lipinski definition) is 3. The van der Waals surface area contributed by atoms with Crippen molar-refractivity contribution >= 4 is 27.8 Å². The van der Waals surface area contributed by atoms with Crippen molar-refractivity contribution in [1.29, 1.82) is 0 Å². The lowest BCUT2D eigenvalue weighted by molar-refractivity contribution is 1.11. The number of fused-ring (bicyclic) bond motifs is 2. The van der Waals surface area contributed by atoms with Gasteiger partial charge >= 0.3 is 0 Å². The molecule has 4 rings (SSSR count). The summed E-state index contributed by atoms with van der Waals surface area (Å²) in [4.78, 5) is 14.8. The Hall–Kier alpha value is -2.82. The highest BCUT2D eigenvalue weighted by Crippen LogP contribution is 2.21. The lowest BCUT2D eigenvalue weighted by Gasteiger charge is -2.07. The fourth-order valence-electron chi connectivity index (χ4n) is 2.50. The van der Waals surface area contributed by atoms with Gasteiger partial charge in [0.15, 0.2) is 0 Å². The molecule has 0 aliphatic carbocycles. The highest BCUT2D eigenvalue weighted by atomic mass is 15.0. The van der Waals surface area contributed by atoms with E-state index in [1.165, 1.54) is 10.9 Å². The molecule has 1 aromatic carbocycles. The van der Waals surface area contributed by atoms with Gasteiger partial charge in [-0.3, -0.25) is 0 Å². The van der Waals surface area contributed by atoms with E-state index in [1.54, 1.807) is 6.33 Å². The zero-order valence-corrected chi connectivity index (χ0v) is 10.7. The molecule has 4 aromatic rings. The van der Waals surface area contributed by atoms with Crippen LogP contribution in [0, 0.1) is 0 Å². The first-order valence-corrected chi connectivity index (χ1v) is 6.49. The average Bonchev–Trinajstić information content (AvgIpc) is 3.13. The van der Waals surface area contributed by atoms with E-state index in [9.17, 15) is 0 Å². The lowest BCUT2D eigenvalue weighted by Crippen LogP contribution is -2.02. The molecule has 0 radical (unpaired) electrons. The molecule has 98 valence electrons. The van der Waals surface area contributed by atoms with Gasteiger partial charge in [0, 0.05) is 29.8 Å². The van der Waals surface area contributed by atoms with Crippen molar-refractivity contribution < 1.29 is 0 Å². The van der Waals surface area contributed by atoms with Crippen LogP contribution >= 0.6 is 0 Å². The normalized spacial score (nSPS) is 11.2. The molecule has 0 aliphatic heterocycles. The molecule has 0 aliphatic rings. The molecule has 3 aromatic heterocycles. The molecule has 0 unspecified atom stereocenters. The van der Waals surface area contributed by atoms with Gasteiger partial charge in [-0.15, -0.1) is 0 Å². The minimum atomic E-state index is 0.729. The second-order valence-electron chi connectivity index (χ2n) is 4.67. The van der Waals surface area contributed by atoms with Crippen LogP contribution in [0.2, 0.25) is 0 Å². The first-order valence-electron chi connectivity index (χ1n) is 6.49. The van der Waals surface area contributed by atoms with E-state index in [0.717, 1.165) is 28.9 Å². The maximum absolute atomic E-state index is 4.31. The number of benzene rings is 1. The van der Waals surface area contributed by atoms with Gasteiger partial charge in [-0.05, 0) is 23.8 Å². The fourth-order valence-corrected chi connectivity index (χ4v) is 2.50. The third-order valence-electron chi connectivity index (χ3n) is 3.49. The third kappa shape index (κ3) is 1.72. The minimum Gasteiger partial charge on any atom is -0.365 e. The summed E-state index contributed by atoms with van der Waals surface area (Å²) in [5.41, 5.74) is 3.24. The molecule has 0 saturated carbocycles. The van der Waals surface area contributed by atoms with Crippen LogP contribution in [0.5, 0.6) is 0 Å². The highest BCUT2D eigenvalue weighted by Gasteiger charge is 2.05. The zero-order chi connectivity index (χ0) is 13.4. The minimum absolute atomic E-state index is 0.729. The SMILES string of the molecule is c1cc(CNc2ncnc3[nH]ccc23)c2cc[nH]c2c1. The molecule has 20 heavy (non-hydrogen) atoms. The first-order chi connectivity index (χ1) is 9.92. The number of nitrogens with zero attached hydrogens (tertiary/aromatic N) is 2. The van der Waals surface area contributed by atoms with Crippen molar-refractivity contribution in [3.8, 4) is 0 Å². The highest BCUT2D eigenvalue weighted by molar-refractivity contribution is 5.87. The summed E-state index contributed by atoms with van der Waals surface area (Å²) in [5.74, 6) is 0.851. The number of aromatic amines is 2. The quantitative estimate of drug-likeness (QED) is 0.532. The second kappa shape index (κ2) is 4.38. The molecule has 0 atom stereocenters. The summed E-state index contributed by atoms with van der Waals surface area (Å²) >= 11 is 0. The molecule has 3 heterocycles. The number of rotatable bonds is 3. The third-order valence-corrected chi connectivity index (χ3v) is 3.49. The Morgan fingerprint density at radius 1 is 0.950 bits per heavy atom. The second-order valence-corrected chi connectivity index (χ2v) is 4.67. The molecular formula is C15H13N5. The van der Waals surface area contributed by atoms with Crippen LogP contribution in [-0.2, 0) is 6.54 Å². The Balaban J connectivity index is 1.67. The lowest BCUT2D eigenvalue weighted by atomic mass is 10.1. The van der Waals surface area contributed by atoms with E-state index in [0.29, 0.717) is 0 Å². The summed E-state index contributed by atoms with van der Waals surface area (Å²) in [6.45, 7) is 0.729. The Morgan fingerprint density at radius 2 is 1.85 bits per heavy atom. The van der Waals surface area contributed by atoms with Crippen molar-refractivity contribution in [3.05, 3.63) is 54.6 Å². The van der Waals surface area contributed by atoms with Gasteiger partial charge in [-0.1, -0.05) is 12.1 Å². The maximum Gasteiger partial charge on any atom is 0.142 e. The van der Waals surface area contributed by atoms with Crippen LogP contribution < -0.4 is 5.32 Å². The molecule has 0 fully saturated rings. The number of nitrogens with one attached hydrogen (secondary N) is 3. The summed E-state index contributed by atoms with van der Waals surface area (Å²) in [5, 5.41) is 5.63. The summed E-state index contributed by atoms with van der Waals surface area (Å²) in [7, 11) is 0. The van der Waals surface area contributed by atoms with Crippen molar-refractivity contribution in [2.75, 3.05) is 5.32 Å². The van der Waals surface area contributed by atoms with Crippen molar-refractivity contribution in [1.82, 2.24) is 19.9 Å². The molecule has 5 nitrogen and oxygen atoms in total. The van der Waals surface area contributed by atoms with E-state index in [-0.39, 0.29) is 0 Å². The van der Waals surface area contributed by atoms with E-state index < -0.39 is 0 Å². The predicted molar refractivity (Wildman–Crippen MR) is 79.5 cm³/mol. The first kappa shape index (κ1) is 11.0. The van der Waals surface area contributed by atoms with E-state index in [2.05, 4.69) is 49.5 Å². The van der Waals surface area contributed by atoms with Crippen LogP contribution in [0.4, 0.5) is 5.82 Å². The van der Waals surface area contributed by atoms with E-state index >= 15 is 0 Å². The van der Waals surface area contributed by atoms with Crippen LogP contribution in [0.3, 0.4) is 0 Å². The number of H-pyrrole nitrogens is 2. The van der Waals surface area contributed by atoms with Gasteiger partial charge < -0.3 is 15.3 Å². The monoisotopic (exact) mass is 263 g/mol. The maximum atomic E-state index is 4.31. The average molecular weight is 263 g/mol. The van der Waals surface area contributed by atoms with Crippen LogP contribution in [-0.4, -0.2) is 19.9 Å². The van der Waals surface area contributed by atoms with Crippen molar-refractivity contribution in [2.45, 2.75) is 6.54 Å². The topological polar surface area (TPSA) is 69.4 Å². The Labute approximate surface area is 115 Å². The molecular weight excluding hydrogens is 250 g/mol. The Kier molecular flexibility index (Phi) is 2.42. The molecule has 0 bridgehead atoms. The largest absolute Gasteiger partial charge is 0.365 e. The zero-order valence-electron chi connectivity index (χ0n) is 10.7. The molecule has 0 spiro atoms. The van der Waals surface area contributed by atoms with Gasteiger partial charge in [0.2, 0.25) is 0 Å². The van der Waals surface area contributed by atoms with Gasteiger partial charge in [-0.25, -0.2) is 9.97 Å². The van der Waals surface area contributed by atoms with Gasteiger partial charge in [0.05, 0.1) is 5.39 Å². The summed E-state index contributed by atoms with van der Waals surface area (Å²) in [6, 6.07) is 10.3. The summed E-state index contributed by atoms with van der Waals surface area (Å²) in [6.07, 6.45) is 5.40. The van der Waals surface area contributed by atoms with Crippen molar-refractivity contribution in [3.63, 3.8) is 0 Å². The number of hydrogen-bond donors (Lipinski definition) is 3. The van der Waals surface area contributed by atoms with Gasteiger partial charge in [-0.2, -0.15) is 0 Å². The Bertz CT molecular complexity index is 800.